The van der Waals surface area contributed by atoms with E-state index in [0.717, 1.165) is 0 Å². The largest absolute Gasteiger partial charge is 0.497 e. The maximum absolute atomic E-state index is 11.5. The van der Waals surface area contributed by atoms with E-state index in [1.165, 1.54) is 26.4 Å². The lowest BCUT2D eigenvalue weighted by molar-refractivity contribution is 0.100. The van der Waals surface area contributed by atoms with Crippen molar-refractivity contribution in [2.24, 2.45) is 16.5 Å². The van der Waals surface area contributed by atoms with E-state index in [1.807, 2.05) is 0 Å². The highest BCUT2D eigenvalue weighted by Crippen LogP contribution is 2.22. The van der Waals surface area contributed by atoms with E-state index >= 15 is 0 Å². The van der Waals surface area contributed by atoms with Gasteiger partial charge in [-0.05, 0) is 12.1 Å². The molecular weight excluding hydrogens is 210 g/mol. The van der Waals surface area contributed by atoms with Gasteiger partial charge in [-0.15, -0.1) is 0 Å². The summed E-state index contributed by atoms with van der Waals surface area (Å²) < 4.78 is 10.0. The van der Waals surface area contributed by atoms with E-state index < -0.39 is 5.91 Å². The molecule has 0 saturated carbocycles. The van der Waals surface area contributed by atoms with Crippen LogP contribution in [0.1, 0.15) is 10.4 Å². The Bertz CT molecular complexity index is 403. The number of guanidine groups is 1. The number of carbonyl (C=O) groups is 1. The Labute approximate surface area is 92.9 Å². The number of hydrogen-bond donors (Lipinski definition) is 2. The molecule has 0 aliphatic carbocycles. The summed E-state index contributed by atoms with van der Waals surface area (Å²) >= 11 is 0. The molecule has 1 rings (SSSR count). The third kappa shape index (κ3) is 2.88. The zero-order valence-corrected chi connectivity index (χ0v) is 9.06. The number of methoxy groups -OCH3 is 2. The standard InChI is InChI=1S/C10H13N3O3/c1-15-7-3-6(4-8(5-7)16-2)9(14)13-10(11)12/h3-5H,1-2H3,(H4,11,12,13,14). The molecule has 4 N–H and O–H groups in total. The molecular formula is C10H13N3O3. The van der Waals surface area contributed by atoms with Crippen LogP contribution in [0.3, 0.4) is 0 Å². The third-order valence-electron chi connectivity index (χ3n) is 1.83. The SMILES string of the molecule is COc1cc(OC)cc(C(=O)N=C(N)N)c1. The lowest BCUT2D eigenvalue weighted by atomic mass is 10.2. The highest BCUT2D eigenvalue weighted by molar-refractivity contribution is 6.02. The first-order valence-electron chi connectivity index (χ1n) is 4.44. The molecule has 86 valence electrons. The van der Waals surface area contributed by atoms with E-state index in [9.17, 15) is 4.79 Å². The molecule has 1 amide bonds. The van der Waals surface area contributed by atoms with E-state index in [1.54, 1.807) is 6.07 Å². The van der Waals surface area contributed by atoms with Gasteiger partial charge in [-0.3, -0.25) is 4.79 Å². The zero-order chi connectivity index (χ0) is 12.1. The molecule has 0 aliphatic rings. The number of nitrogens with two attached hydrogens (primary N) is 2. The van der Waals surface area contributed by atoms with E-state index in [2.05, 4.69) is 4.99 Å². The molecule has 16 heavy (non-hydrogen) atoms. The van der Waals surface area contributed by atoms with Crippen LogP contribution < -0.4 is 20.9 Å². The summed E-state index contributed by atoms with van der Waals surface area (Å²) in [5.74, 6) is 0.158. The number of aliphatic imine (C=N–C) groups is 1. The second-order valence-electron chi connectivity index (χ2n) is 2.94. The van der Waals surface area contributed by atoms with Crippen molar-refractivity contribution in [2.75, 3.05) is 14.2 Å². The Morgan fingerprint density at radius 1 is 1.12 bits per heavy atom. The molecule has 0 atom stereocenters. The van der Waals surface area contributed by atoms with Gasteiger partial charge >= 0.3 is 0 Å². The quantitative estimate of drug-likeness (QED) is 0.560. The molecule has 0 aliphatic heterocycles. The molecule has 0 saturated heterocycles. The van der Waals surface area contributed by atoms with Crippen molar-refractivity contribution in [3.8, 4) is 11.5 Å². The minimum absolute atomic E-state index is 0.285. The summed E-state index contributed by atoms with van der Waals surface area (Å²) in [5.41, 5.74) is 10.5. The van der Waals surface area contributed by atoms with Gasteiger partial charge in [-0.25, -0.2) is 0 Å². The van der Waals surface area contributed by atoms with Crippen molar-refractivity contribution in [3.05, 3.63) is 23.8 Å². The van der Waals surface area contributed by atoms with Gasteiger partial charge in [0.2, 0.25) is 0 Å². The summed E-state index contributed by atoms with van der Waals surface area (Å²) in [5, 5.41) is 0. The summed E-state index contributed by atoms with van der Waals surface area (Å²) in [7, 11) is 2.98. The minimum atomic E-state index is -0.544. The lowest BCUT2D eigenvalue weighted by Gasteiger charge is -2.06. The fraction of sp³-hybridized carbons (Fsp3) is 0.200. The first kappa shape index (κ1) is 11.8. The van der Waals surface area contributed by atoms with Crippen LogP contribution in [0.4, 0.5) is 0 Å². The first-order chi connectivity index (χ1) is 7.56. The first-order valence-corrected chi connectivity index (χ1v) is 4.44. The van der Waals surface area contributed by atoms with Crippen LogP contribution in [0.2, 0.25) is 0 Å². The Hall–Kier alpha value is -2.24. The summed E-state index contributed by atoms with van der Waals surface area (Å²) in [4.78, 5) is 15.0. The zero-order valence-electron chi connectivity index (χ0n) is 9.06. The molecule has 6 nitrogen and oxygen atoms in total. The predicted molar refractivity (Wildman–Crippen MR) is 59.7 cm³/mol. The van der Waals surface area contributed by atoms with Crippen LogP contribution in [0, 0.1) is 0 Å². The van der Waals surface area contributed by atoms with Crippen LogP contribution in [0.5, 0.6) is 11.5 Å². The van der Waals surface area contributed by atoms with Crippen molar-refractivity contribution in [1.82, 2.24) is 0 Å². The number of hydrogen-bond acceptors (Lipinski definition) is 3. The maximum atomic E-state index is 11.5. The van der Waals surface area contributed by atoms with Gasteiger partial charge in [-0.2, -0.15) is 4.99 Å². The molecule has 1 aromatic rings. The Morgan fingerprint density at radius 3 is 2.00 bits per heavy atom. The molecule has 1 aromatic carbocycles. The van der Waals surface area contributed by atoms with Gasteiger partial charge in [-0.1, -0.05) is 0 Å². The van der Waals surface area contributed by atoms with Crippen molar-refractivity contribution in [3.63, 3.8) is 0 Å². The highest BCUT2D eigenvalue weighted by Gasteiger charge is 2.09. The minimum Gasteiger partial charge on any atom is -0.497 e. The van der Waals surface area contributed by atoms with Gasteiger partial charge in [0.05, 0.1) is 14.2 Å². The van der Waals surface area contributed by atoms with Crippen LogP contribution >= 0.6 is 0 Å². The molecule has 0 heterocycles. The van der Waals surface area contributed by atoms with Crippen molar-refractivity contribution in [2.45, 2.75) is 0 Å². The topological polar surface area (TPSA) is 99.9 Å². The molecule has 0 unspecified atom stereocenters. The average molecular weight is 223 g/mol. The summed E-state index contributed by atoms with van der Waals surface area (Å²) in [6.07, 6.45) is 0. The number of nitrogens with zero attached hydrogens (tertiary/aromatic N) is 1. The number of rotatable bonds is 3. The smallest absolute Gasteiger partial charge is 0.280 e. The molecule has 0 aromatic heterocycles. The predicted octanol–water partition coefficient (Wildman–Crippen LogP) is 0.117. The lowest BCUT2D eigenvalue weighted by Crippen LogP contribution is -2.24. The Kier molecular flexibility index (Phi) is 3.71. The van der Waals surface area contributed by atoms with Gasteiger partial charge in [0.15, 0.2) is 5.96 Å². The number of carbonyl (C=O) groups excluding carboxylic acids is 1. The van der Waals surface area contributed by atoms with Crippen LogP contribution in [-0.4, -0.2) is 26.1 Å². The second-order valence-corrected chi connectivity index (χ2v) is 2.94. The van der Waals surface area contributed by atoms with E-state index in [-0.39, 0.29) is 5.96 Å². The third-order valence-corrected chi connectivity index (χ3v) is 1.83. The molecule has 0 radical (unpaired) electrons. The highest BCUT2D eigenvalue weighted by atomic mass is 16.5. The molecule has 0 spiro atoms. The Balaban J connectivity index is 3.13. The van der Waals surface area contributed by atoms with E-state index in [4.69, 9.17) is 20.9 Å². The van der Waals surface area contributed by atoms with Crippen molar-refractivity contribution < 1.29 is 14.3 Å². The van der Waals surface area contributed by atoms with Gasteiger partial charge in [0, 0.05) is 11.6 Å². The monoisotopic (exact) mass is 223 g/mol. The van der Waals surface area contributed by atoms with Gasteiger partial charge in [0.25, 0.3) is 5.91 Å². The van der Waals surface area contributed by atoms with Crippen molar-refractivity contribution >= 4 is 11.9 Å². The molecule has 0 fully saturated rings. The van der Waals surface area contributed by atoms with Crippen LogP contribution in [-0.2, 0) is 0 Å². The summed E-state index contributed by atoms with van der Waals surface area (Å²) in [6.45, 7) is 0. The average Bonchev–Trinajstić information content (AvgIpc) is 2.27. The Morgan fingerprint density at radius 2 is 1.62 bits per heavy atom. The fourth-order valence-corrected chi connectivity index (χ4v) is 1.11. The van der Waals surface area contributed by atoms with Crippen LogP contribution in [0.25, 0.3) is 0 Å². The van der Waals surface area contributed by atoms with Gasteiger partial charge in [0.1, 0.15) is 11.5 Å². The maximum Gasteiger partial charge on any atom is 0.280 e. The number of amides is 1. The second kappa shape index (κ2) is 5.01. The van der Waals surface area contributed by atoms with E-state index in [0.29, 0.717) is 17.1 Å². The number of ether oxygens (including phenoxy) is 2. The van der Waals surface area contributed by atoms with Gasteiger partial charge < -0.3 is 20.9 Å². The normalized spacial score (nSPS) is 9.38. The summed E-state index contributed by atoms with van der Waals surface area (Å²) in [6, 6.07) is 4.70. The van der Waals surface area contributed by atoms with Crippen molar-refractivity contribution in [1.29, 1.82) is 0 Å². The molecule has 6 heteroatoms. The fourth-order valence-electron chi connectivity index (χ4n) is 1.11. The molecule has 0 bridgehead atoms. The van der Waals surface area contributed by atoms with Crippen LogP contribution in [0.15, 0.2) is 23.2 Å². The number of benzene rings is 1.